The minimum absolute atomic E-state index is 0.0325. The minimum Gasteiger partial charge on any atom is -0.468 e. The fourth-order valence-electron chi connectivity index (χ4n) is 2.82. The molecule has 0 unspecified atom stereocenters. The van der Waals surface area contributed by atoms with Crippen molar-refractivity contribution in [1.29, 1.82) is 0 Å². The maximum atomic E-state index is 12.5. The second-order valence-corrected chi connectivity index (χ2v) is 5.78. The van der Waals surface area contributed by atoms with Crippen LogP contribution >= 0.6 is 0 Å². The number of nitrogens with zero attached hydrogens (tertiary/aromatic N) is 1. The van der Waals surface area contributed by atoms with Crippen molar-refractivity contribution in [2.24, 2.45) is 0 Å². The number of carbonyl (C=O) groups is 1. The predicted molar refractivity (Wildman–Crippen MR) is 92.6 cm³/mol. The standard InChI is InChI=1S/C19H26N2O2/c1-5-21(6-2)17(18-8-7-11-23-18)13-20-19(22)16-12-14(3)9-10-15(16)4/h7-12,17H,5-6,13H2,1-4H3,(H,20,22)/t17-/m0/s1. The quantitative estimate of drug-likeness (QED) is 0.847. The first-order chi connectivity index (χ1) is 11.1. The summed E-state index contributed by atoms with van der Waals surface area (Å²) in [5.74, 6) is 0.852. The highest BCUT2D eigenvalue weighted by atomic mass is 16.3. The second kappa shape index (κ2) is 7.97. The molecule has 2 rings (SSSR count). The summed E-state index contributed by atoms with van der Waals surface area (Å²) >= 11 is 0. The number of likely N-dealkylation sites (N-methyl/N-ethyl adjacent to an activating group) is 1. The zero-order valence-corrected chi connectivity index (χ0v) is 14.4. The molecule has 4 heteroatoms. The largest absolute Gasteiger partial charge is 0.468 e. The van der Waals surface area contributed by atoms with Crippen LogP contribution in [0.25, 0.3) is 0 Å². The topological polar surface area (TPSA) is 45.5 Å². The number of hydrogen-bond donors (Lipinski definition) is 1. The molecule has 1 aromatic heterocycles. The molecule has 2 aromatic rings. The fraction of sp³-hybridized carbons (Fsp3) is 0.421. The van der Waals surface area contributed by atoms with E-state index in [1.807, 2.05) is 44.2 Å². The number of carbonyl (C=O) groups excluding carboxylic acids is 1. The first-order valence-corrected chi connectivity index (χ1v) is 8.19. The summed E-state index contributed by atoms with van der Waals surface area (Å²) in [5, 5.41) is 3.06. The van der Waals surface area contributed by atoms with Gasteiger partial charge < -0.3 is 9.73 Å². The molecule has 1 heterocycles. The van der Waals surface area contributed by atoms with Crippen LogP contribution in [0, 0.1) is 13.8 Å². The van der Waals surface area contributed by atoms with Crippen LogP contribution in [-0.4, -0.2) is 30.4 Å². The Balaban J connectivity index is 2.12. The third kappa shape index (κ3) is 4.23. The molecule has 0 bridgehead atoms. The van der Waals surface area contributed by atoms with Crippen LogP contribution in [-0.2, 0) is 0 Å². The van der Waals surface area contributed by atoms with Crippen molar-refractivity contribution < 1.29 is 9.21 Å². The molecule has 0 aliphatic heterocycles. The molecule has 0 saturated carbocycles. The number of furan rings is 1. The molecular formula is C19H26N2O2. The van der Waals surface area contributed by atoms with Gasteiger partial charge >= 0.3 is 0 Å². The summed E-state index contributed by atoms with van der Waals surface area (Å²) < 4.78 is 5.57. The lowest BCUT2D eigenvalue weighted by molar-refractivity contribution is 0.0929. The monoisotopic (exact) mass is 314 g/mol. The number of amides is 1. The molecule has 0 saturated heterocycles. The Morgan fingerprint density at radius 2 is 1.96 bits per heavy atom. The van der Waals surface area contributed by atoms with Crippen LogP contribution in [0.1, 0.15) is 47.1 Å². The zero-order valence-electron chi connectivity index (χ0n) is 14.4. The Labute approximate surface area is 138 Å². The van der Waals surface area contributed by atoms with Gasteiger partial charge in [0, 0.05) is 12.1 Å². The van der Waals surface area contributed by atoms with E-state index in [1.54, 1.807) is 6.26 Å². The highest BCUT2D eigenvalue weighted by Gasteiger charge is 2.21. The second-order valence-electron chi connectivity index (χ2n) is 5.78. The molecule has 1 atom stereocenters. The van der Waals surface area contributed by atoms with Gasteiger partial charge in [-0.25, -0.2) is 0 Å². The van der Waals surface area contributed by atoms with Gasteiger partial charge in [0.05, 0.1) is 12.3 Å². The summed E-state index contributed by atoms with van der Waals surface area (Å²) in [5.41, 5.74) is 2.82. The maximum absolute atomic E-state index is 12.5. The molecule has 0 aliphatic rings. The molecule has 0 spiro atoms. The Bertz CT molecular complexity index is 631. The van der Waals surface area contributed by atoms with Crippen LogP contribution < -0.4 is 5.32 Å². The van der Waals surface area contributed by atoms with Crippen LogP contribution in [0.3, 0.4) is 0 Å². The highest BCUT2D eigenvalue weighted by molar-refractivity contribution is 5.95. The lowest BCUT2D eigenvalue weighted by atomic mass is 10.0. The number of rotatable bonds is 7. The summed E-state index contributed by atoms with van der Waals surface area (Å²) in [4.78, 5) is 14.8. The summed E-state index contributed by atoms with van der Waals surface area (Å²) in [7, 11) is 0. The van der Waals surface area contributed by atoms with Gasteiger partial charge in [-0.3, -0.25) is 9.69 Å². The molecule has 0 radical (unpaired) electrons. The summed E-state index contributed by atoms with van der Waals surface area (Å²) in [6.07, 6.45) is 1.68. The van der Waals surface area contributed by atoms with Gasteiger partial charge in [0.1, 0.15) is 5.76 Å². The Morgan fingerprint density at radius 1 is 1.22 bits per heavy atom. The number of nitrogens with one attached hydrogen (secondary N) is 1. The van der Waals surface area contributed by atoms with Gasteiger partial charge in [-0.1, -0.05) is 31.5 Å². The molecule has 1 amide bonds. The van der Waals surface area contributed by atoms with Crippen LogP contribution in [0.2, 0.25) is 0 Å². The molecule has 0 aliphatic carbocycles. The van der Waals surface area contributed by atoms with Gasteiger partial charge in [-0.2, -0.15) is 0 Å². The molecule has 0 fully saturated rings. The first kappa shape index (κ1) is 17.3. The third-order valence-electron chi connectivity index (χ3n) is 4.22. The smallest absolute Gasteiger partial charge is 0.251 e. The normalized spacial score (nSPS) is 12.4. The molecular weight excluding hydrogens is 288 g/mol. The maximum Gasteiger partial charge on any atom is 0.251 e. The average molecular weight is 314 g/mol. The van der Waals surface area contributed by atoms with Crippen molar-refractivity contribution in [3.8, 4) is 0 Å². The Hall–Kier alpha value is -2.07. The molecule has 124 valence electrons. The number of benzene rings is 1. The molecule has 1 aromatic carbocycles. The van der Waals surface area contributed by atoms with Crippen molar-refractivity contribution in [3.05, 3.63) is 59.0 Å². The average Bonchev–Trinajstić information content (AvgIpc) is 3.07. The number of aryl methyl sites for hydroxylation is 2. The van der Waals surface area contributed by atoms with E-state index < -0.39 is 0 Å². The van der Waals surface area contributed by atoms with Crippen molar-refractivity contribution in [3.63, 3.8) is 0 Å². The highest BCUT2D eigenvalue weighted by Crippen LogP contribution is 2.20. The number of hydrogen-bond acceptors (Lipinski definition) is 3. The van der Waals surface area contributed by atoms with Gasteiger partial charge in [0.2, 0.25) is 0 Å². The van der Waals surface area contributed by atoms with E-state index in [-0.39, 0.29) is 11.9 Å². The van der Waals surface area contributed by atoms with E-state index in [2.05, 4.69) is 24.1 Å². The molecule has 23 heavy (non-hydrogen) atoms. The van der Waals surface area contributed by atoms with Crippen LogP contribution in [0.5, 0.6) is 0 Å². The lowest BCUT2D eigenvalue weighted by Gasteiger charge is -2.28. The van der Waals surface area contributed by atoms with E-state index in [0.29, 0.717) is 6.54 Å². The summed E-state index contributed by atoms with van der Waals surface area (Å²) in [6, 6.07) is 9.84. The third-order valence-corrected chi connectivity index (χ3v) is 4.22. The van der Waals surface area contributed by atoms with E-state index >= 15 is 0 Å². The lowest BCUT2D eigenvalue weighted by Crippen LogP contribution is -2.38. The van der Waals surface area contributed by atoms with Crippen LogP contribution in [0.4, 0.5) is 0 Å². The Kier molecular flexibility index (Phi) is 5.99. The van der Waals surface area contributed by atoms with Gasteiger partial charge in [0.25, 0.3) is 5.91 Å². The van der Waals surface area contributed by atoms with E-state index in [0.717, 1.165) is 35.5 Å². The van der Waals surface area contributed by atoms with Crippen molar-refractivity contribution in [2.75, 3.05) is 19.6 Å². The fourth-order valence-corrected chi connectivity index (χ4v) is 2.82. The van der Waals surface area contributed by atoms with E-state index in [4.69, 9.17) is 4.42 Å². The first-order valence-electron chi connectivity index (χ1n) is 8.19. The SMILES string of the molecule is CCN(CC)[C@@H](CNC(=O)c1cc(C)ccc1C)c1ccco1. The van der Waals surface area contributed by atoms with Crippen LogP contribution in [0.15, 0.2) is 41.0 Å². The van der Waals surface area contributed by atoms with Gasteiger partial charge in [0.15, 0.2) is 0 Å². The molecule has 4 nitrogen and oxygen atoms in total. The van der Waals surface area contributed by atoms with Crippen molar-refractivity contribution in [2.45, 2.75) is 33.7 Å². The Morgan fingerprint density at radius 3 is 2.57 bits per heavy atom. The van der Waals surface area contributed by atoms with E-state index in [1.165, 1.54) is 0 Å². The predicted octanol–water partition coefficient (Wildman–Crippen LogP) is 3.71. The minimum atomic E-state index is -0.0325. The summed E-state index contributed by atoms with van der Waals surface area (Å²) in [6.45, 7) is 10.5. The zero-order chi connectivity index (χ0) is 16.8. The van der Waals surface area contributed by atoms with Gasteiger partial charge in [-0.05, 0) is 50.7 Å². The molecule has 1 N–H and O–H groups in total. The van der Waals surface area contributed by atoms with Crippen molar-refractivity contribution >= 4 is 5.91 Å². The van der Waals surface area contributed by atoms with E-state index in [9.17, 15) is 4.79 Å². The van der Waals surface area contributed by atoms with Gasteiger partial charge in [-0.15, -0.1) is 0 Å². The van der Waals surface area contributed by atoms with Crippen molar-refractivity contribution in [1.82, 2.24) is 10.2 Å².